The Morgan fingerprint density at radius 1 is 1.08 bits per heavy atom. The van der Waals surface area contributed by atoms with Crippen molar-refractivity contribution in [1.29, 1.82) is 0 Å². The molecule has 0 N–H and O–H groups in total. The molecule has 2 aliphatic carbocycles. The Bertz CT molecular complexity index is 608. The van der Waals surface area contributed by atoms with Crippen molar-refractivity contribution in [2.75, 3.05) is 13.1 Å². The van der Waals surface area contributed by atoms with Crippen molar-refractivity contribution in [1.82, 2.24) is 9.80 Å². The SMILES string of the molecule is Cc1ccccc1CN(CC(=O)N1CCCC2CCCCC21)C1CC1. The van der Waals surface area contributed by atoms with E-state index in [1.54, 1.807) is 0 Å². The van der Waals surface area contributed by atoms with Gasteiger partial charge in [0.1, 0.15) is 0 Å². The van der Waals surface area contributed by atoms with Crippen LogP contribution in [0.25, 0.3) is 0 Å². The number of hydrogen-bond acceptors (Lipinski definition) is 2. The minimum Gasteiger partial charge on any atom is -0.338 e. The zero-order valence-corrected chi connectivity index (χ0v) is 15.6. The molecule has 0 radical (unpaired) electrons. The molecule has 3 fully saturated rings. The lowest BCUT2D eigenvalue weighted by Gasteiger charge is -2.44. The van der Waals surface area contributed by atoms with Crippen LogP contribution in [0.5, 0.6) is 0 Å². The van der Waals surface area contributed by atoms with Crippen LogP contribution in [0.3, 0.4) is 0 Å². The number of likely N-dealkylation sites (tertiary alicyclic amines) is 1. The Kier molecular flexibility index (Phi) is 5.12. The lowest BCUT2D eigenvalue weighted by molar-refractivity contribution is -0.139. The first-order valence-electron chi connectivity index (χ1n) is 10.3. The first kappa shape index (κ1) is 17.1. The number of hydrogen-bond donors (Lipinski definition) is 0. The highest BCUT2D eigenvalue weighted by molar-refractivity contribution is 5.79. The lowest BCUT2D eigenvalue weighted by atomic mass is 9.78. The minimum absolute atomic E-state index is 0.386. The zero-order chi connectivity index (χ0) is 17.2. The van der Waals surface area contributed by atoms with Crippen LogP contribution in [0, 0.1) is 12.8 Å². The van der Waals surface area contributed by atoms with Crippen molar-refractivity contribution in [2.45, 2.75) is 76.9 Å². The number of nitrogens with zero attached hydrogens (tertiary/aromatic N) is 2. The quantitative estimate of drug-likeness (QED) is 0.804. The molecule has 1 aliphatic heterocycles. The first-order valence-corrected chi connectivity index (χ1v) is 10.3. The molecule has 1 amide bonds. The Hall–Kier alpha value is -1.35. The van der Waals surface area contributed by atoms with Gasteiger partial charge in [-0.1, -0.05) is 37.1 Å². The fourth-order valence-electron chi connectivity index (χ4n) is 4.96. The Morgan fingerprint density at radius 2 is 1.84 bits per heavy atom. The van der Waals surface area contributed by atoms with Crippen molar-refractivity contribution in [3.8, 4) is 0 Å². The molecule has 136 valence electrons. The van der Waals surface area contributed by atoms with Gasteiger partial charge in [-0.25, -0.2) is 0 Å². The molecule has 0 aromatic heterocycles. The summed E-state index contributed by atoms with van der Waals surface area (Å²) in [5, 5.41) is 0. The second kappa shape index (κ2) is 7.49. The third-order valence-electron chi connectivity index (χ3n) is 6.60. The fourth-order valence-corrected chi connectivity index (χ4v) is 4.96. The van der Waals surface area contributed by atoms with Gasteiger partial charge in [0.15, 0.2) is 0 Å². The van der Waals surface area contributed by atoms with Gasteiger partial charge in [-0.15, -0.1) is 0 Å². The zero-order valence-electron chi connectivity index (χ0n) is 15.6. The molecule has 3 nitrogen and oxygen atoms in total. The summed E-state index contributed by atoms with van der Waals surface area (Å²) in [5.41, 5.74) is 2.71. The molecule has 1 saturated heterocycles. The number of aryl methyl sites for hydroxylation is 1. The van der Waals surface area contributed by atoms with Crippen molar-refractivity contribution >= 4 is 5.91 Å². The summed E-state index contributed by atoms with van der Waals surface area (Å²) in [7, 11) is 0. The largest absolute Gasteiger partial charge is 0.338 e. The van der Waals surface area contributed by atoms with Crippen LogP contribution >= 0.6 is 0 Å². The highest BCUT2D eigenvalue weighted by atomic mass is 16.2. The van der Waals surface area contributed by atoms with Crippen LogP contribution < -0.4 is 0 Å². The van der Waals surface area contributed by atoms with Gasteiger partial charge in [-0.3, -0.25) is 9.69 Å². The van der Waals surface area contributed by atoms with E-state index in [0.717, 1.165) is 19.0 Å². The monoisotopic (exact) mass is 340 g/mol. The lowest BCUT2D eigenvalue weighted by Crippen LogP contribution is -2.52. The summed E-state index contributed by atoms with van der Waals surface area (Å²) in [4.78, 5) is 17.9. The minimum atomic E-state index is 0.386. The molecule has 1 aromatic carbocycles. The molecule has 2 saturated carbocycles. The molecular formula is C22H32N2O. The van der Waals surface area contributed by atoms with E-state index in [0.29, 0.717) is 24.5 Å². The van der Waals surface area contributed by atoms with Gasteiger partial charge < -0.3 is 4.90 Å². The van der Waals surface area contributed by atoms with Crippen LogP contribution in [-0.2, 0) is 11.3 Å². The van der Waals surface area contributed by atoms with E-state index in [1.165, 1.54) is 62.5 Å². The molecule has 3 aliphatic rings. The number of amides is 1. The van der Waals surface area contributed by atoms with Crippen LogP contribution in [0.2, 0.25) is 0 Å². The average molecular weight is 341 g/mol. The summed E-state index contributed by atoms with van der Waals surface area (Å²) >= 11 is 0. The van der Waals surface area contributed by atoms with Gasteiger partial charge in [-0.05, 0) is 62.5 Å². The smallest absolute Gasteiger partial charge is 0.237 e. The van der Waals surface area contributed by atoms with E-state index in [9.17, 15) is 4.79 Å². The van der Waals surface area contributed by atoms with E-state index in [2.05, 4.69) is 41.0 Å². The van der Waals surface area contributed by atoms with Crippen LogP contribution in [0.4, 0.5) is 0 Å². The summed E-state index contributed by atoms with van der Waals surface area (Å²) in [6, 6.07) is 9.77. The second-order valence-electron chi connectivity index (χ2n) is 8.40. The molecule has 1 heterocycles. The summed E-state index contributed by atoms with van der Waals surface area (Å²) in [6.45, 7) is 4.70. The third-order valence-corrected chi connectivity index (χ3v) is 6.60. The average Bonchev–Trinajstić information content (AvgIpc) is 3.47. The van der Waals surface area contributed by atoms with Gasteiger partial charge in [0.2, 0.25) is 5.91 Å². The van der Waals surface area contributed by atoms with E-state index in [4.69, 9.17) is 0 Å². The maximum atomic E-state index is 13.2. The molecule has 4 rings (SSSR count). The summed E-state index contributed by atoms with van der Waals surface area (Å²) in [5.74, 6) is 1.16. The molecule has 2 atom stereocenters. The van der Waals surface area contributed by atoms with E-state index in [-0.39, 0.29) is 0 Å². The predicted octanol–water partition coefficient (Wildman–Crippen LogP) is 4.14. The van der Waals surface area contributed by atoms with E-state index in [1.807, 2.05) is 0 Å². The summed E-state index contributed by atoms with van der Waals surface area (Å²) in [6.07, 6.45) is 10.3. The van der Waals surface area contributed by atoms with Gasteiger partial charge in [0, 0.05) is 25.2 Å². The molecule has 2 unspecified atom stereocenters. The highest BCUT2D eigenvalue weighted by Gasteiger charge is 2.37. The van der Waals surface area contributed by atoms with Crippen LogP contribution in [0.15, 0.2) is 24.3 Å². The third kappa shape index (κ3) is 3.92. The Morgan fingerprint density at radius 3 is 2.64 bits per heavy atom. The standard InChI is InChI=1S/C22H32N2O/c1-17-7-2-3-9-19(17)15-23(20-12-13-20)16-22(25)24-14-6-10-18-8-4-5-11-21(18)24/h2-3,7,9,18,20-21H,4-6,8,10-16H2,1H3. The predicted molar refractivity (Wildman–Crippen MR) is 101 cm³/mol. The van der Waals surface area contributed by atoms with Crippen molar-refractivity contribution in [2.24, 2.45) is 5.92 Å². The number of piperidine rings is 1. The molecule has 0 bridgehead atoms. The van der Waals surface area contributed by atoms with Crippen molar-refractivity contribution in [3.63, 3.8) is 0 Å². The van der Waals surface area contributed by atoms with Crippen molar-refractivity contribution < 1.29 is 4.79 Å². The maximum absolute atomic E-state index is 13.2. The van der Waals surface area contributed by atoms with Gasteiger partial charge in [0.05, 0.1) is 6.54 Å². The molecular weight excluding hydrogens is 308 g/mol. The number of benzene rings is 1. The topological polar surface area (TPSA) is 23.6 Å². The first-order chi connectivity index (χ1) is 12.2. The van der Waals surface area contributed by atoms with Crippen LogP contribution in [-0.4, -0.2) is 40.9 Å². The Balaban J connectivity index is 1.43. The van der Waals surface area contributed by atoms with Gasteiger partial charge in [0.25, 0.3) is 0 Å². The van der Waals surface area contributed by atoms with Crippen LogP contribution in [0.1, 0.15) is 62.5 Å². The fraction of sp³-hybridized carbons (Fsp3) is 0.682. The molecule has 3 heteroatoms. The van der Waals surface area contributed by atoms with Gasteiger partial charge >= 0.3 is 0 Å². The Labute approximate surface area is 152 Å². The number of rotatable bonds is 5. The number of carbonyl (C=O) groups excluding carboxylic acids is 1. The maximum Gasteiger partial charge on any atom is 0.237 e. The van der Waals surface area contributed by atoms with Crippen molar-refractivity contribution in [3.05, 3.63) is 35.4 Å². The van der Waals surface area contributed by atoms with E-state index < -0.39 is 0 Å². The second-order valence-corrected chi connectivity index (χ2v) is 8.40. The normalized spacial score (nSPS) is 26.6. The number of fused-ring (bicyclic) bond motifs is 1. The van der Waals surface area contributed by atoms with Gasteiger partial charge in [-0.2, -0.15) is 0 Å². The molecule has 25 heavy (non-hydrogen) atoms. The van der Waals surface area contributed by atoms with E-state index >= 15 is 0 Å². The highest BCUT2D eigenvalue weighted by Crippen LogP contribution is 2.36. The summed E-state index contributed by atoms with van der Waals surface area (Å²) < 4.78 is 0. The molecule has 0 spiro atoms. The number of carbonyl (C=O) groups is 1. The molecule has 1 aromatic rings.